The highest BCUT2D eigenvalue weighted by atomic mass is 15.4. The van der Waals surface area contributed by atoms with Gasteiger partial charge in [-0.3, -0.25) is 5.10 Å². The minimum absolute atomic E-state index is 0.434. The van der Waals surface area contributed by atoms with Gasteiger partial charge in [0.05, 0.1) is 0 Å². The first-order valence-corrected chi connectivity index (χ1v) is 7.56. The van der Waals surface area contributed by atoms with Crippen molar-refractivity contribution in [2.45, 2.75) is 45.6 Å². The number of aromatic nitrogens is 3. The Kier molecular flexibility index (Phi) is 3.48. The van der Waals surface area contributed by atoms with E-state index in [4.69, 9.17) is 4.98 Å². The van der Waals surface area contributed by atoms with Gasteiger partial charge in [0.2, 0.25) is 5.95 Å². The Balaban J connectivity index is 1.78. The SMILES string of the molecule is CC(C)C(C)c1nc(N2CCCC3CNCC32)n[nH]1. The van der Waals surface area contributed by atoms with Crippen LogP contribution in [0.1, 0.15) is 45.4 Å². The number of hydrogen-bond donors (Lipinski definition) is 2. The van der Waals surface area contributed by atoms with E-state index in [1.165, 1.54) is 12.8 Å². The van der Waals surface area contributed by atoms with Crippen LogP contribution in [0, 0.1) is 11.8 Å². The molecule has 0 aliphatic carbocycles. The summed E-state index contributed by atoms with van der Waals surface area (Å²) in [6.07, 6.45) is 2.60. The van der Waals surface area contributed by atoms with Gasteiger partial charge < -0.3 is 10.2 Å². The number of hydrogen-bond acceptors (Lipinski definition) is 4. The van der Waals surface area contributed by atoms with Crippen molar-refractivity contribution in [1.29, 1.82) is 0 Å². The van der Waals surface area contributed by atoms with Crippen molar-refractivity contribution in [3.05, 3.63) is 5.82 Å². The van der Waals surface area contributed by atoms with Crippen molar-refractivity contribution in [3.63, 3.8) is 0 Å². The summed E-state index contributed by atoms with van der Waals surface area (Å²) < 4.78 is 0. The van der Waals surface area contributed by atoms with Gasteiger partial charge in [0.15, 0.2) is 0 Å². The van der Waals surface area contributed by atoms with E-state index < -0.39 is 0 Å². The van der Waals surface area contributed by atoms with Gasteiger partial charge in [-0.15, -0.1) is 5.10 Å². The number of piperidine rings is 1. The van der Waals surface area contributed by atoms with Gasteiger partial charge in [0.25, 0.3) is 0 Å². The molecule has 0 amide bonds. The van der Waals surface area contributed by atoms with E-state index in [1.54, 1.807) is 0 Å². The minimum atomic E-state index is 0.434. The van der Waals surface area contributed by atoms with Crippen LogP contribution < -0.4 is 10.2 Å². The van der Waals surface area contributed by atoms with Crippen LogP contribution in [-0.4, -0.2) is 40.9 Å². The van der Waals surface area contributed by atoms with Crippen LogP contribution in [0.15, 0.2) is 0 Å². The number of nitrogens with one attached hydrogen (secondary N) is 2. The second-order valence-corrected chi connectivity index (χ2v) is 6.37. The van der Waals surface area contributed by atoms with Crippen molar-refractivity contribution >= 4 is 5.95 Å². The number of anilines is 1. The fraction of sp³-hybridized carbons (Fsp3) is 0.857. The van der Waals surface area contributed by atoms with Gasteiger partial charge in [-0.2, -0.15) is 4.98 Å². The summed E-state index contributed by atoms with van der Waals surface area (Å²) in [4.78, 5) is 7.15. The van der Waals surface area contributed by atoms with Crippen molar-refractivity contribution in [2.75, 3.05) is 24.5 Å². The molecule has 2 saturated heterocycles. The molecule has 0 spiro atoms. The highest BCUT2D eigenvalue weighted by Crippen LogP contribution is 2.30. The molecule has 106 valence electrons. The molecule has 3 unspecified atom stereocenters. The van der Waals surface area contributed by atoms with E-state index in [1.807, 2.05) is 0 Å². The van der Waals surface area contributed by atoms with Gasteiger partial charge in [0, 0.05) is 31.6 Å². The molecule has 0 bridgehead atoms. The van der Waals surface area contributed by atoms with Gasteiger partial charge in [0.1, 0.15) is 5.82 Å². The number of nitrogens with zero attached hydrogens (tertiary/aromatic N) is 3. The fourth-order valence-corrected chi connectivity index (χ4v) is 3.23. The summed E-state index contributed by atoms with van der Waals surface area (Å²) in [7, 11) is 0. The summed E-state index contributed by atoms with van der Waals surface area (Å²) >= 11 is 0. The first-order valence-electron chi connectivity index (χ1n) is 7.56. The molecule has 0 radical (unpaired) electrons. The molecule has 1 aromatic rings. The summed E-state index contributed by atoms with van der Waals surface area (Å²) in [5, 5.41) is 11.1. The Morgan fingerprint density at radius 2 is 2.11 bits per heavy atom. The maximum Gasteiger partial charge on any atom is 0.245 e. The first-order chi connectivity index (χ1) is 9.16. The third-order valence-electron chi connectivity index (χ3n) is 4.86. The Bertz CT molecular complexity index is 427. The van der Waals surface area contributed by atoms with E-state index in [-0.39, 0.29) is 0 Å². The van der Waals surface area contributed by atoms with Crippen LogP contribution in [0.5, 0.6) is 0 Å². The monoisotopic (exact) mass is 263 g/mol. The van der Waals surface area contributed by atoms with Gasteiger partial charge in [-0.05, 0) is 24.7 Å². The zero-order valence-electron chi connectivity index (χ0n) is 12.2. The number of aromatic amines is 1. The summed E-state index contributed by atoms with van der Waals surface area (Å²) in [6, 6.07) is 0.590. The molecule has 1 aromatic heterocycles. The highest BCUT2D eigenvalue weighted by Gasteiger charge is 2.36. The van der Waals surface area contributed by atoms with Crippen LogP contribution in [0.25, 0.3) is 0 Å². The second-order valence-electron chi connectivity index (χ2n) is 6.37. The average Bonchev–Trinajstić information content (AvgIpc) is 3.06. The van der Waals surface area contributed by atoms with E-state index in [0.717, 1.165) is 37.3 Å². The van der Waals surface area contributed by atoms with Gasteiger partial charge >= 0.3 is 0 Å². The summed E-state index contributed by atoms with van der Waals surface area (Å²) in [5.74, 6) is 3.73. The predicted molar refractivity (Wildman–Crippen MR) is 76.4 cm³/mol. The molecule has 3 atom stereocenters. The van der Waals surface area contributed by atoms with Crippen molar-refractivity contribution in [3.8, 4) is 0 Å². The third-order valence-corrected chi connectivity index (χ3v) is 4.86. The largest absolute Gasteiger partial charge is 0.335 e. The van der Waals surface area contributed by atoms with E-state index in [9.17, 15) is 0 Å². The lowest BCUT2D eigenvalue weighted by molar-refractivity contribution is 0.381. The zero-order valence-corrected chi connectivity index (χ0v) is 12.2. The van der Waals surface area contributed by atoms with Gasteiger partial charge in [-0.1, -0.05) is 20.8 Å². The third kappa shape index (κ3) is 2.36. The van der Waals surface area contributed by atoms with Crippen LogP contribution in [-0.2, 0) is 0 Å². The normalized spacial score (nSPS) is 28.7. The molecular weight excluding hydrogens is 238 g/mol. The van der Waals surface area contributed by atoms with Gasteiger partial charge in [-0.25, -0.2) is 0 Å². The van der Waals surface area contributed by atoms with Crippen LogP contribution in [0.4, 0.5) is 5.95 Å². The molecule has 2 fully saturated rings. The number of fused-ring (bicyclic) bond motifs is 1. The molecule has 3 heterocycles. The smallest absolute Gasteiger partial charge is 0.245 e. The topological polar surface area (TPSA) is 56.8 Å². The fourth-order valence-electron chi connectivity index (χ4n) is 3.23. The lowest BCUT2D eigenvalue weighted by Gasteiger charge is -2.36. The Hall–Kier alpha value is -1.10. The lowest BCUT2D eigenvalue weighted by atomic mass is 9.92. The summed E-state index contributed by atoms with van der Waals surface area (Å²) in [5.41, 5.74) is 0. The van der Waals surface area contributed by atoms with E-state index in [0.29, 0.717) is 17.9 Å². The Morgan fingerprint density at radius 3 is 2.89 bits per heavy atom. The Labute approximate surface area is 115 Å². The minimum Gasteiger partial charge on any atom is -0.335 e. The van der Waals surface area contributed by atoms with Crippen LogP contribution >= 0.6 is 0 Å². The standard InChI is InChI=1S/C14H25N5/c1-9(2)10(3)13-16-14(18-17-13)19-6-4-5-11-7-15-8-12(11)19/h9-12,15H,4-8H2,1-3H3,(H,16,17,18). The van der Waals surface area contributed by atoms with E-state index in [2.05, 4.69) is 41.2 Å². The van der Waals surface area contributed by atoms with E-state index >= 15 is 0 Å². The molecule has 0 saturated carbocycles. The quantitative estimate of drug-likeness (QED) is 0.872. The van der Waals surface area contributed by atoms with Crippen LogP contribution in [0.3, 0.4) is 0 Å². The Morgan fingerprint density at radius 1 is 1.26 bits per heavy atom. The lowest BCUT2D eigenvalue weighted by Crippen LogP contribution is -2.45. The maximum atomic E-state index is 4.75. The molecule has 3 rings (SSSR count). The molecule has 5 heteroatoms. The predicted octanol–water partition coefficient (Wildman–Crippen LogP) is 1.75. The number of H-pyrrole nitrogens is 1. The summed E-state index contributed by atoms with van der Waals surface area (Å²) in [6.45, 7) is 9.99. The second kappa shape index (κ2) is 5.12. The zero-order chi connectivity index (χ0) is 13.4. The maximum absolute atomic E-state index is 4.75. The van der Waals surface area contributed by atoms with Crippen LogP contribution in [0.2, 0.25) is 0 Å². The average molecular weight is 263 g/mol. The molecular formula is C14H25N5. The molecule has 5 nitrogen and oxygen atoms in total. The first kappa shape index (κ1) is 12.9. The highest BCUT2D eigenvalue weighted by molar-refractivity contribution is 5.33. The molecule has 2 N–H and O–H groups in total. The molecule has 19 heavy (non-hydrogen) atoms. The van der Waals surface area contributed by atoms with Crippen molar-refractivity contribution in [2.24, 2.45) is 11.8 Å². The molecule has 2 aliphatic rings. The molecule has 2 aliphatic heterocycles. The van der Waals surface area contributed by atoms with Crippen molar-refractivity contribution < 1.29 is 0 Å². The molecule has 0 aromatic carbocycles. The number of rotatable bonds is 3. The van der Waals surface area contributed by atoms with Crippen molar-refractivity contribution in [1.82, 2.24) is 20.5 Å².